The number of halogens is 1. The molecule has 0 heterocycles. The molecule has 0 aliphatic heterocycles. The molecule has 2 N–H and O–H groups in total. The summed E-state index contributed by atoms with van der Waals surface area (Å²) in [4.78, 5) is 22.5. The minimum Gasteiger partial charge on any atom is -0.548 e. The van der Waals surface area contributed by atoms with Crippen LogP contribution in [0.3, 0.4) is 0 Å². The van der Waals surface area contributed by atoms with Crippen molar-refractivity contribution < 1.29 is 19.1 Å². The number of hydrogen-bond acceptors (Lipinski definition) is 3. The maximum atomic E-state index is 12.7. The smallest absolute Gasteiger partial charge is 0.319 e. The molecule has 1 aromatic carbocycles. The predicted octanol–water partition coefficient (Wildman–Crippen LogP) is 1.11. The van der Waals surface area contributed by atoms with Gasteiger partial charge in [0.25, 0.3) is 0 Å². The number of hydrogen-bond donors (Lipinski definition) is 2. The van der Waals surface area contributed by atoms with Crippen molar-refractivity contribution in [3.8, 4) is 0 Å². The molecule has 0 spiro atoms. The lowest BCUT2D eigenvalue weighted by molar-refractivity contribution is -0.308. The van der Waals surface area contributed by atoms with Crippen LogP contribution in [0.1, 0.15) is 20.3 Å². The van der Waals surface area contributed by atoms with Gasteiger partial charge in [0.05, 0.1) is 12.0 Å². The molecule has 104 valence electrons. The van der Waals surface area contributed by atoms with E-state index in [0.717, 1.165) is 0 Å². The summed E-state index contributed by atoms with van der Waals surface area (Å²) in [7, 11) is 0. The van der Waals surface area contributed by atoms with Crippen LogP contribution in [-0.2, 0) is 4.79 Å². The number of anilines is 1. The summed E-state index contributed by atoms with van der Waals surface area (Å²) in [6, 6.07) is 3.43. The monoisotopic (exact) mass is 267 g/mol. The lowest BCUT2D eigenvalue weighted by Crippen LogP contribution is -2.49. The molecular weight excluding hydrogens is 251 g/mol. The molecule has 0 saturated heterocycles. The highest BCUT2D eigenvalue weighted by Gasteiger charge is 2.15. The number of amides is 2. The second-order valence-electron chi connectivity index (χ2n) is 4.61. The molecule has 2 amide bonds. The van der Waals surface area contributed by atoms with Crippen LogP contribution in [0.15, 0.2) is 24.3 Å². The van der Waals surface area contributed by atoms with Crippen LogP contribution in [0.25, 0.3) is 0 Å². The van der Waals surface area contributed by atoms with E-state index in [-0.39, 0.29) is 12.3 Å². The number of carbonyl (C=O) groups is 2. The molecule has 0 aliphatic rings. The lowest BCUT2D eigenvalue weighted by Gasteiger charge is -2.21. The predicted molar refractivity (Wildman–Crippen MR) is 66.8 cm³/mol. The van der Waals surface area contributed by atoms with E-state index in [4.69, 9.17) is 0 Å². The Balaban J connectivity index is 2.57. The second-order valence-corrected chi connectivity index (χ2v) is 4.61. The minimum absolute atomic E-state index is 0.106. The molecule has 5 nitrogen and oxygen atoms in total. The molecule has 0 fully saturated rings. The zero-order valence-electron chi connectivity index (χ0n) is 10.8. The minimum atomic E-state index is -1.33. The Hall–Kier alpha value is -2.11. The number of carboxylic acid groups (broad SMARTS) is 1. The van der Waals surface area contributed by atoms with Gasteiger partial charge in [0.2, 0.25) is 0 Å². The Morgan fingerprint density at radius 2 is 1.84 bits per heavy atom. The van der Waals surface area contributed by atoms with Gasteiger partial charge < -0.3 is 20.5 Å². The molecule has 19 heavy (non-hydrogen) atoms. The Morgan fingerprint density at radius 3 is 2.32 bits per heavy atom. The molecule has 0 unspecified atom stereocenters. The molecule has 6 heteroatoms. The molecule has 0 saturated carbocycles. The van der Waals surface area contributed by atoms with Crippen LogP contribution < -0.4 is 15.7 Å². The van der Waals surface area contributed by atoms with Gasteiger partial charge in [-0.15, -0.1) is 0 Å². The highest BCUT2D eigenvalue weighted by molar-refractivity contribution is 5.91. The third kappa shape index (κ3) is 5.37. The van der Waals surface area contributed by atoms with Crippen molar-refractivity contribution in [3.63, 3.8) is 0 Å². The van der Waals surface area contributed by atoms with Crippen LogP contribution in [0.5, 0.6) is 0 Å². The largest absolute Gasteiger partial charge is 0.548 e. The summed E-state index contributed by atoms with van der Waals surface area (Å²) in [5.74, 6) is -1.64. The van der Waals surface area contributed by atoms with Gasteiger partial charge in [0.1, 0.15) is 5.82 Å². The summed E-state index contributed by atoms with van der Waals surface area (Å²) in [5, 5.41) is 15.6. The first-order chi connectivity index (χ1) is 8.88. The molecular formula is C13H16FN2O3-. The van der Waals surface area contributed by atoms with Crippen molar-refractivity contribution in [1.82, 2.24) is 5.32 Å². The van der Waals surface area contributed by atoms with Crippen LogP contribution >= 0.6 is 0 Å². The summed E-state index contributed by atoms with van der Waals surface area (Å²) in [6.07, 6.45) is 0.277. The third-order valence-electron chi connectivity index (χ3n) is 2.40. The highest BCUT2D eigenvalue weighted by Crippen LogP contribution is 2.09. The Morgan fingerprint density at radius 1 is 1.26 bits per heavy atom. The molecule has 0 aromatic heterocycles. The molecule has 0 radical (unpaired) electrons. The zero-order chi connectivity index (χ0) is 14.4. The average Bonchev–Trinajstić information content (AvgIpc) is 2.30. The van der Waals surface area contributed by atoms with E-state index in [0.29, 0.717) is 5.69 Å². The van der Waals surface area contributed by atoms with Gasteiger partial charge in [-0.1, -0.05) is 13.8 Å². The summed E-state index contributed by atoms with van der Waals surface area (Å²) in [5.41, 5.74) is 0.376. The maximum Gasteiger partial charge on any atom is 0.319 e. The van der Waals surface area contributed by atoms with E-state index >= 15 is 0 Å². The first-order valence-corrected chi connectivity index (χ1v) is 5.92. The van der Waals surface area contributed by atoms with Crippen molar-refractivity contribution >= 4 is 17.7 Å². The Kier molecular flexibility index (Phi) is 5.29. The number of urea groups is 1. The van der Waals surface area contributed by atoms with Crippen LogP contribution in [-0.4, -0.2) is 18.0 Å². The number of benzene rings is 1. The SMILES string of the molecule is CC(C)C[C@H](NC(=O)Nc1ccc(F)cc1)C(=O)[O-]. The standard InChI is InChI=1S/C13H17FN2O3/c1-8(2)7-11(12(17)18)16-13(19)15-10-5-3-9(14)4-6-10/h3-6,8,11H,7H2,1-2H3,(H,17,18)(H2,15,16,19)/p-1/t11-/m0/s1. The van der Waals surface area contributed by atoms with Gasteiger partial charge >= 0.3 is 6.03 Å². The normalized spacial score (nSPS) is 12.0. The molecule has 0 aliphatic carbocycles. The highest BCUT2D eigenvalue weighted by atomic mass is 19.1. The third-order valence-corrected chi connectivity index (χ3v) is 2.40. The van der Waals surface area contributed by atoms with Gasteiger partial charge in [-0.2, -0.15) is 0 Å². The van der Waals surface area contributed by atoms with Crippen LogP contribution in [0.2, 0.25) is 0 Å². The van der Waals surface area contributed by atoms with Crippen LogP contribution in [0, 0.1) is 11.7 Å². The van der Waals surface area contributed by atoms with Crippen molar-refractivity contribution in [3.05, 3.63) is 30.1 Å². The van der Waals surface area contributed by atoms with Crippen LogP contribution in [0.4, 0.5) is 14.9 Å². The Bertz CT molecular complexity index is 446. The van der Waals surface area contributed by atoms with E-state index in [1.54, 1.807) is 0 Å². The van der Waals surface area contributed by atoms with E-state index in [9.17, 15) is 19.1 Å². The van der Waals surface area contributed by atoms with Gasteiger partial charge in [-0.25, -0.2) is 9.18 Å². The number of rotatable bonds is 5. The fourth-order valence-corrected chi connectivity index (χ4v) is 1.54. The Labute approximate surface area is 110 Å². The fourth-order valence-electron chi connectivity index (χ4n) is 1.54. The number of aliphatic carboxylic acids is 1. The first kappa shape index (κ1) is 14.9. The topological polar surface area (TPSA) is 81.3 Å². The van der Waals surface area contributed by atoms with E-state index in [1.165, 1.54) is 24.3 Å². The molecule has 1 rings (SSSR count). The van der Waals surface area contributed by atoms with E-state index in [1.807, 2.05) is 13.8 Å². The van der Waals surface area contributed by atoms with Crippen molar-refractivity contribution in [2.45, 2.75) is 26.3 Å². The number of carboxylic acids is 1. The van der Waals surface area contributed by atoms with Gasteiger partial charge in [0.15, 0.2) is 0 Å². The fraction of sp³-hybridized carbons (Fsp3) is 0.385. The number of carbonyl (C=O) groups excluding carboxylic acids is 2. The van der Waals surface area contributed by atoms with Gasteiger partial charge in [-0.05, 0) is 36.6 Å². The van der Waals surface area contributed by atoms with Crippen molar-refractivity contribution in [2.24, 2.45) is 5.92 Å². The summed E-state index contributed by atoms with van der Waals surface area (Å²) in [6.45, 7) is 3.69. The van der Waals surface area contributed by atoms with Crippen molar-refractivity contribution in [1.29, 1.82) is 0 Å². The lowest BCUT2D eigenvalue weighted by atomic mass is 10.0. The van der Waals surface area contributed by atoms with E-state index < -0.39 is 23.9 Å². The molecule has 0 bridgehead atoms. The maximum absolute atomic E-state index is 12.7. The second kappa shape index (κ2) is 6.72. The average molecular weight is 267 g/mol. The zero-order valence-corrected chi connectivity index (χ0v) is 10.8. The first-order valence-electron chi connectivity index (χ1n) is 5.92. The summed E-state index contributed by atoms with van der Waals surface area (Å²) < 4.78 is 12.7. The summed E-state index contributed by atoms with van der Waals surface area (Å²) >= 11 is 0. The van der Waals surface area contributed by atoms with Gasteiger partial charge in [-0.3, -0.25) is 0 Å². The van der Waals surface area contributed by atoms with Crippen molar-refractivity contribution in [2.75, 3.05) is 5.32 Å². The molecule has 1 atom stereocenters. The quantitative estimate of drug-likeness (QED) is 0.838. The number of nitrogens with one attached hydrogen (secondary N) is 2. The van der Waals surface area contributed by atoms with Gasteiger partial charge in [0, 0.05) is 5.69 Å². The van der Waals surface area contributed by atoms with E-state index in [2.05, 4.69) is 10.6 Å². The molecule has 1 aromatic rings.